The minimum atomic E-state index is -0.502. The van der Waals surface area contributed by atoms with Gasteiger partial charge in [0.1, 0.15) is 23.6 Å². The second-order valence-electron chi connectivity index (χ2n) is 12.7. The second kappa shape index (κ2) is 16.5. The van der Waals surface area contributed by atoms with Crippen LogP contribution >= 0.6 is 0 Å². The molecule has 8 aromatic rings. The van der Waals surface area contributed by atoms with E-state index in [1.807, 2.05) is 158 Å². The third-order valence-electron chi connectivity index (χ3n) is 9.26. The predicted molar refractivity (Wildman–Crippen MR) is 217 cm³/mol. The van der Waals surface area contributed by atoms with E-state index in [0.717, 1.165) is 55.8 Å². The van der Waals surface area contributed by atoms with E-state index in [2.05, 4.69) is 20.6 Å². The molecule has 268 valence electrons. The van der Waals surface area contributed by atoms with Gasteiger partial charge in [0.2, 0.25) is 0 Å². The third kappa shape index (κ3) is 7.88. The molecule has 0 radical (unpaired) electrons. The van der Waals surface area contributed by atoms with Crippen LogP contribution in [0.4, 0.5) is 11.4 Å². The molecule has 0 saturated carbocycles. The number of benzene rings is 6. The molecule has 2 atom stereocenters. The summed E-state index contributed by atoms with van der Waals surface area (Å²) in [6.45, 7) is 0. The Kier molecular flexibility index (Phi) is 10.8. The van der Waals surface area contributed by atoms with Crippen LogP contribution in [0, 0.1) is 0 Å². The highest BCUT2D eigenvalue weighted by Gasteiger charge is 2.26. The van der Waals surface area contributed by atoms with Crippen molar-refractivity contribution >= 4 is 44.7 Å². The number of hydrogen-bond donors (Lipinski definition) is 4. The van der Waals surface area contributed by atoms with Crippen LogP contribution in [-0.4, -0.2) is 35.8 Å². The first-order chi connectivity index (χ1) is 26.5. The highest BCUT2D eigenvalue weighted by atomic mass is 16.5. The van der Waals surface area contributed by atoms with Gasteiger partial charge in [0.05, 0.1) is 14.2 Å². The summed E-state index contributed by atoms with van der Waals surface area (Å²) >= 11 is 0. The number of carbonyl (C=O) groups excluding carboxylic acids is 2. The summed E-state index contributed by atoms with van der Waals surface area (Å²) in [4.78, 5) is 33.3. The van der Waals surface area contributed by atoms with Gasteiger partial charge in [-0.05, 0) is 47.5 Å². The minimum absolute atomic E-state index is 0.0152. The van der Waals surface area contributed by atoms with E-state index in [4.69, 9.17) is 9.47 Å². The fourth-order valence-electron chi connectivity index (χ4n) is 6.51. The number of hydrogen-bond acceptors (Lipinski definition) is 6. The van der Waals surface area contributed by atoms with Crippen LogP contribution in [0.5, 0.6) is 11.5 Å². The highest BCUT2D eigenvalue weighted by molar-refractivity contribution is 6.12. The molecule has 2 unspecified atom stereocenters. The fraction of sp³-hybridized carbons (Fsp3) is 0.0870. The van der Waals surface area contributed by atoms with Gasteiger partial charge in [0, 0.05) is 68.8 Å². The molecule has 8 rings (SSSR count). The molecule has 6 aromatic carbocycles. The molecule has 0 saturated heterocycles. The zero-order valence-corrected chi connectivity index (χ0v) is 30.0. The van der Waals surface area contributed by atoms with Crippen LogP contribution in [0.15, 0.2) is 170 Å². The van der Waals surface area contributed by atoms with Crippen LogP contribution in [0.3, 0.4) is 0 Å². The molecule has 0 spiro atoms. The quantitative estimate of drug-likeness (QED) is 0.0939. The van der Waals surface area contributed by atoms with Crippen molar-refractivity contribution in [3.8, 4) is 11.5 Å². The molecule has 8 nitrogen and oxygen atoms in total. The lowest BCUT2D eigenvalue weighted by atomic mass is 9.96. The third-order valence-corrected chi connectivity index (χ3v) is 9.26. The van der Waals surface area contributed by atoms with Crippen LogP contribution in [-0.2, 0) is 0 Å². The zero-order valence-electron chi connectivity index (χ0n) is 30.0. The molecular weight excluding hydrogens is 673 g/mol. The number of rotatable bonds is 12. The van der Waals surface area contributed by atoms with Crippen molar-refractivity contribution in [3.63, 3.8) is 0 Å². The van der Waals surface area contributed by atoms with E-state index in [1.165, 1.54) is 0 Å². The van der Waals surface area contributed by atoms with Gasteiger partial charge in [-0.2, -0.15) is 0 Å². The number of aromatic amines is 2. The first kappa shape index (κ1) is 35.3. The van der Waals surface area contributed by atoms with Crippen LogP contribution in [0.25, 0.3) is 21.8 Å². The Bertz CT molecular complexity index is 2310. The average molecular weight is 713 g/mol. The Morgan fingerprint density at radius 2 is 0.870 bits per heavy atom. The number of para-hydroxylation sites is 2. The van der Waals surface area contributed by atoms with Crippen LogP contribution < -0.4 is 20.1 Å². The summed E-state index contributed by atoms with van der Waals surface area (Å²) in [5.41, 5.74) is 6.74. The average Bonchev–Trinajstić information content (AvgIpc) is 3.88. The molecule has 0 bridgehead atoms. The lowest BCUT2D eigenvalue weighted by molar-refractivity contribution is 0.0963. The highest BCUT2D eigenvalue weighted by Crippen LogP contribution is 2.30. The van der Waals surface area contributed by atoms with Gasteiger partial charge in [0.15, 0.2) is 11.6 Å². The standard InChI is InChI=1S/2C23H20N2O2/c2*1-27-18-11-7-10-17(14-18)25-22(16-8-3-2-4-9-16)23(26)20-15-24-21-13-6-5-12-19(20)21/h2*2-15,22,24-25H,1H3. The largest absolute Gasteiger partial charge is 0.497 e. The monoisotopic (exact) mass is 712 g/mol. The number of methoxy groups -OCH3 is 2. The zero-order chi connectivity index (χ0) is 37.3. The summed E-state index contributed by atoms with van der Waals surface area (Å²) in [7, 11) is 3.26. The number of anilines is 2. The molecule has 4 N–H and O–H groups in total. The Morgan fingerprint density at radius 1 is 0.481 bits per heavy atom. The normalized spacial score (nSPS) is 11.9. The summed E-state index contributed by atoms with van der Waals surface area (Å²) < 4.78 is 10.6. The van der Waals surface area contributed by atoms with Crippen molar-refractivity contribution in [2.75, 3.05) is 24.9 Å². The molecule has 0 aliphatic heterocycles. The van der Waals surface area contributed by atoms with Crippen LogP contribution in [0.2, 0.25) is 0 Å². The number of ether oxygens (including phenoxy) is 2. The Hall–Kier alpha value is -7.06. The van der Waals surface area contributed by atoms with E-state index in [-0.39, 0.29) is 11.6 Å². The number of Topliss-reactive ketones (excluding diaryl/α,β-unsaturated/α-hetero) is 2. The number of nitrogens with one attached hydrogen (secondary N) is 4. The SMILES string of the molecule is COc1cccc(NC(C(=O)c2c[nH]c3ccccc23)c2ccccc2)c1.COc1cccc(NC(C(=O)c2c[nH]c3ccccc23)c2ccccc2)c1. The predicted octanol–water partition coefficient (Wildman–Crippen LogP) is 10.4. The summed E-state index contributed by atoms with van der Waals surface area (Å²) in [6, 6.07) is 49.4. The maximum absolute atomic E-state index is 13.5. The van der Waals surface area contributed by atoms with Gasteiger partial charge >= 0.3 is 0 Å². The van der Waals surface area contributed by atoms with Crippen molar-refractivity contribution in [3.05, 3.63) is 192 Å². The number of carbonyl (C=O) groups is 2. The van der Waals surface area contributed by atoms with Gasteiger partial charge < -0.3 is 30.1 Å². The Balaban J connectivity index is 0.000000167. The smallest absolute Gasteiger partial charge is 0.191 e. The minimum Gasteiger partial charge on any atom is -0.497 e. The number of H-pyrrole nitrogens is 2. The van der Waals surface area contributed by atoms with Crippen LogP contribution in [0.1, 0.15) is 43.9 Å². The van der Waals surface area contributed by atoms with Crippen molar-refractivity contribution in [2.45, 2.75) is 12.1 Å². The Labute approximate surface area is 313 Å². The maximum Gasteiger partial charge on any atom is 0.191 e. The van der Waals surface area contributed by atoms with Gasteiger partial charge in [0.25, 0.3) is 0 Å². The number of fused-ring (bicyclic) bond motifs is 2. The van der Waals surface area contributed by atoms with Gasteiger partial charge in [-0.15, -0.1) is 0 Å². The van der Waals surface area contributed by atoms with Crippen molar-refractivity contribution in [2.24, 2.45) is 0 Å². The number of ketones is 2. The van der Waals surface area contributed by atoms with Crippen molar-refractivity contribution in [1.29, 1.82) is 0 Å². The molecule has 0 aliphatic carbocycles. The van der Waals surface area contributed by atoms with E-state index >= 15 is 0 Å². The van der Waals surface area contributed by atoms with E-state index in [1.54, 1.807) is 26.6 Å². The van der Waals surface area contributed by atoms with Gasteiger partial charge in [-0.1, -0.05) is 109 Å². The molecule has 2 aromatic heterocycles. The second-order valence-corrected chi connectivity index (χ2v) is 12.7. The van der Waals surface area contributed by atoms with Gasteiger partial charge in [-0.3, -0.25) is 9.59 Å². The molecule has 54 heavy (non-hydrogen) atoms. The fourth-order valence-corrected chi connectivity index (χ4v) is 6.51. The Morgan fingerprint density at radius 3 is 1.28 bits per heavy atom. The topological polar surface area (TPSA) is 108 Å². The molecule has 0 aliphatic rings. The van der Waals surface area contributed by atoms with Crippen molar-refractivity contribution < 1.29 is 19.1 Å². The molecule has 0 fully saturated rings. The first-order valence-electron chi connectivity index (χ1n) is 17.6. The maximum atomic E-state index is 13.5. The number of aromatic nitrogens is 2. The molecular formula is C46H40N4O4. The van der Waals surface area contributed by atoms with Crippen molar-refractivity contribution in [1.82, 2.24) is 9.97 Å². The first-order valence-corrected chi connectivity index (χ1v) is 17.6. The lowest BCUT2D eigenvalue weighted by Gasteiger charge is -2.19. The molecule has 8 heteroatoms. The van der Waals surface area contributed by atoms with E-state index in [9.17, 15) is 9.59 Å². The van der Waals surface area contributed by atoms with E-state index < -0.39 is 12.1 Å². The summed E-state index contributed by atoms with van der Waals surface area (Å²) in [6.07, 6.45) is 3.58. The molecule has 2 heterocycles. The molecule has 0 amide bonds. The lowest BCUT2D eigenvalue weighted by Crippen LogP contribution is -2.21. The summed E-state index contributed by atoms with van der Waals surface area (Å²) in [5.74, 6) is 1.51. The van der Waals surface area contributed by atoms with Gasteiger partial charge in [-0.25, -0.2) is 0 Å². The van der Waals surface area contributed by atoms with E-state index in [0.29, 0.717) is 11.1 Å². The summed E-state index contributed by atoms with van der Waals surface area (Å²) in [5, 5.41) is 8.61.